The fourth-order valence-corrected chi connectivity index (χ4v) is 2.20. The second-order valence-electron chi connectivity index (χ2n) is 4.81. The fourth-order valence-electron chi connectivity index (χ4n) is 2.20. The zero-order valence-corrected chi connectivity index (χ0v) is 11.0. The molecule has 0 aromatic carbocycles. The third kappa shape index (κ3) is 2.02. The molecule has 2 rings (SSSR count). The van der Waals surface area contributed by atoms with Crippen LogP contribution in [0.1, 0.15) is 6.42 Å². The molecule has 1 aliphatic carbocycles. The van der Waals surface area contributed by atoms with Crippen molar-refractivity contribution in [3.05, 3.63) is 33.9 Å². The highest BCUT2D eigenvalue weighted by atomic mass is 16.5. The molecule has 2 aliphatic rings. The molecule has 10 nitrogen and oxygen atoms in total. The lowest BCUT2D eigenvalue weighted by Gasteiger charge is -2.35. The van der Waals surface area contributed by atoms with E-state index in [-0.39, 0.29) is 46.3 Å². The molecule has 10 heteroatoms. The molecular weight excluding hydrogens is 276 g/mol. The van der Waals surface area contributed by atoms with Gasteiger partial charge in [-0.1, -0.05) is 0 Å². The number of hydrogen-bond donors (Lipinski definition) is 8. The smallest absolute Gasteiger partial charge is 0.228 e. The van der Waals surface area contributed by atoms with E-state index >= 15 is 0 Å². The van der Waals surface area contributed by atoms with Crippen molar-refractivity contribution in [2.45, 2.75) is 12.1 Å². The maximum absolute atomic E-state index is 11.7. The summed E-state index contributed by atoms with van der Waals surface area (Å²) in [7, 11) is 0. The van der Waals surface area contributed by atoms with Gasteiger partial charge >= 0.3 is 0 Å². The highest BCUT2D eigenvalue weighted by Gasteiger charge is 2.42. The lowest BCUT2D eigenvalue weighted by Crippen LogP contribution is -2.58. The van der Waals surface area contributed by atoms with Gasteiger partial charge in [0, 0.05) is 5.57 Å². The average Bonchev–Trinajstić information content (AvgIpc) is 2.36. The van der Waals surface area contributed by atoms with Gasteiger partial charge in [0.05, 0.1) is 23.4 Å². The van der Waals surface area contributed by atoms with Crippen LogP contribution in [0.2, 0.25) is 0 Å². The molecule has 0 aromatic rings. The van der Waals surface area contributed by atoms with Gasteiger partial charge in [0.2, 0.25) is 11.7 Å². The second-order valence-corrected chi connectivity index (χ2v) is 4.81. The van der Waals surface area contributed by atoms with Crippen LogP contribution in [0.15, 0.2) is 33.9 Å². The minimum atomic E-state index is -1.63. The number of carbonyl (C=O) groups excluding carboxylic acids is 1. The van der Waals surface area contributed by atoms with Crippen molar-refractivity contribution in [3.63, 3.8) is 0 Å². The normalized spacial score (nSPS) is 22.9. The van der Waals surface area contributed by atoms with Crippen LogP contribution < -0.4 is 34.4 Å². The summed E-state index contributed by atoms with van der Waals surface area (Å²) in [5.74, 6) is -1.47. The molecule has 14 N–H and O–H groups in total. The summed E-state index contributed by atoms with van der Waals surface area (Å²) in [6, 6.07) is 0. The fraction of sp³-hybridized carbons (Fsp3) is 0.182. The molecule has 1 saturated heterocycles. The number of hydrogen-bond acceptors (Lipinski definition) is 10. The van der Waals surface area contributed by atoms with E-state index in [4.69, 9.17) is 50.0 Å². The Morgan fingerprint density at radius 2 is 1.43 bits per heavy atom. The summed E-state index contributed by atoms with van der Waals surface area (Å²) in [4.78, 5) is 11.7. The van der Waals surface area contributed by atoms with Crippen molar-refractivity contribution < 1.29 is 9.53 Å². The van der Waals surface area contributed by atoms with E-state index in [9.17, 15) is 4.79 Å². The summed E-state index contributed by atoms with van der Waals surface area (Å²) in [6.07, 6.45) is -0.178. The van der Waals surface area contributed by atoms with E-state index in [1.54, 1.807) is 0 Å². The van der Waals surface area contributed by atoms with E-state index in [1.165, 1.54) is 0 Å². The third-order valence-electron chi connectivity index (χ3n) is 3.23. The lowest BCUT2D eigenvalue weighted by molar-refractivity contribution is -0.112. The Hall–Kier alpha value is -2.85. The zero-order valence-electron chi connectivity index (χ0n) is 11.0. The van der Waals surface area contributed by atoms with Crippen molar-refractivity contribution in [1.29, 1.82) is 10.8 Å². The first-order chi connectivity index (χ1) is 9.58. The van der Waals surface area contributed by atoms with E-state index in [2.05, 4.69) is 0 Å². The van der Waals surface area contributed by atoms with E-state index < -0.39 is 17.3 Å². The van der Waals surface area contributed by atoms with Crippen molar-refractivity contribution in [2.75, 3.05) is 0 Å². The molecule has 0 aromatic heterocycles. The number of ketones is 1. The Balaban J connectivity index is 2.80. The minimum Gasteiger partial charge on any atom is -0.425 e. The van der Waals surface area contributed by atoms with Gasteiger partial charge in [0.1, 0.15) is 17.1 Å². The molecule has 0 bridgehead atoms. The van der Waals surface area contributed by atoms with Gasteiger partial charge in [0.15, 0.2) is 5.90 Å². The number of ether oxygens (including phenoxy) is 1. The SMILES string of the molecule is N=C1CC(N)(N)C(=C2C(N)=C(N)C(=O)C(N)=C2N)C(=N)O1. The molecule has 1 aliphatic heterocycles. The topological polar surface area (TPSA) is 230 Å². The van der Waals surface area contributed by atoms with Crippen LogP contribution >= 0.6 is 0 Å². The van der Waals surface area contributed by atoms with Gasteiger partial charge in [0.25, 0.3) is 0 Å². The first-order valence-electron chi connectivity index (χ1n) is 5.80. The molecule has 0 atom stereocenters. The second kappa shape index (κ2) is 4.33. The molecule has 0 spiro atoms. The Morgan fingerprint density at radius 1 is 0.952 bits per heavy atom. The number of Topliss-reactive ketones (excluding diaryl/α,β-unsaturated/α-hetero) is 1. The molecule has 0 radical (unpaired) electrons. The summed E-state index contributed by atoms with van der Waals surface area (Å²) in [5, 5.41) is 15.3. The maximum atomic E-state index is 11.7. The maximum Gasteiger partial charge on any atom is 0.228 e. The van der Waals surface area contributed by atoms with Crippen LogP contribution in [0.25, 0.3) is 0 Å². The molecule has 0 amide bonds. The zero-order chi connectivity index (χ0) is 16.1. The number of nitrogens with two attached hydrogens (primary N) is 6. The van der Waals surface area contributed by atoms with E-state index in [0.29, 0.717) is 0 Å². The molecule has 1 fully saturated rings. The van der Waals surface area contributed by atoms with Gasteiger partial charge in [-0.25, -0.2) is 0 Å². The van der Waals surface area contributed by atoms with Crippen molar-refractivity contribution >= 4 is 17.6 Å². The van der Waals surface area contributed by atoms with Crippen LogP contribution in [0.3, 0.4) is 0 Å². The first kappa shape index (κ1) is 14.6. The molecule has 21 heavy (non-hydrogen) atoms. The summed E-state index contributed by atoms with van der Waals surface area (Å²) < 4.78 is 4.91. The predicted octanol–water partition coefficient (Wildman–Crippen LogP) is -2.89. The van der Waals surface area contributed by atoms with Crippen molar-refractivity contribution in [3.8, 4) is 0 Å². The molecule has 0 saturated carbocycles. The standard InChI is InChI=1S/C11H16N8O2/c12-2-1-11(18,19)4(10(17)21-2)3-5(13)7(15)9(20)8(16)6(3)14/h12,17H,1,13-16,18-19H2. The predicted molar refractivity (Wildman–Crippen MR) is 75.1 cm³/mol. The monoisotopic (exact) mass is 292 g/mol. The molecule has 0 unspecified atom stereocenters. The van der Waals surface area contributed by atoms with Crippen LogP contribution in [0.4, 0.5) is 0 Å². The first-order valence-corrected chi connectivity index (χ1v) is 5.80. The summed E-state index contributed by atoms with van der Waals surface area (Å²) in [6.45, 7) is 0. The highest BCUT2D eigenvalue weighted by molar-refractivity contribution is 6.12. The molecular formula is C11H16N8O2. The van der Waals surface area contributed by atoms with Crippen LogP contribution in [-0.2, 0) is 9.53 Å². The largest absolute Gasteiger partial charge is 0.425 e. The van der Waals surface area contributed by atoms with Crippen molar-refractivity contribution in [1.82, 2.24) is 0 Å². The summed E-state index contributed by atoms with van der Waals surface area (Å²) >= 11 is 0. The molecule has 112 valence electrons. The van der Waals surface area contributed by atoms with Crippen LogP contribution in [0, 0.1) is 10.8 Å². The van der Waals surface area contributed by atoms with Gasteiger partial charge in [-0.3, -0.25) is 15.6 Å². The summed E-state index contributed by atoms with van der Waals surface area (Å²) in [5.41, 5.74) is 32.0. The van der Waals surface area contributed by atoms with E-state index in [1.807, 2.05) is 0 Å². The van der Waals surface area contributed by atoms with Crippen LogP contribution in [-0.4, -0.2) is 23.2 Å². The lowest BCUT2D eigenvalue weighted by atomic mass is 9.84. The highest BCUT2D eigenvalue weighted by Crippen LogP contribution is 2.32. The minimum absolute atomic E-state index is 0.00731. The Kier molecular flexibility index (Phi) is 3.00. The third-order valence-corrected chi connectivity index (χ3v) is 3.23. The van der Waals surface area contributed by atoms with Gasteiger partial charge in [-0.15, -0.1) is 0 Å². The number of nitrogens with one attached hydrogen (secondary N) is 2. The molecule has 1 heterocycles. The van der Waals surface area contributed by atoms with Gasteiger partial charge in [-0.2, -0.15) is 0 Å². The quantitative estimate of drug-likeness (QED) is 0.215. The van der Waals surface area contributed by atoms with Crippen LogP contribution in [0.5, 0.6) is 0 Å². The average molecular weight is 292 g/mol. The van der Waals surface area contributed by atoms with Crippen molar-refractivity contribution in [2.24, 2.45) is 34.4 Å². The number of rotatable bonds is 0. The Labute approximate surface area is 119 Å². The number of carbonyl (C=O) groups is 1. The van der Waals surface area contributed by atoms with Gasteiger partial charge < -0.3 is 39.1 Å². The van der Waals surface area contributed by atoms with Gasteiger partial charge in [-0.05, 0) is 0 Å². The Morgan fingerprint density at radius 3 is 1.86 bits per heavy atom. The van der Waals surface area contributed by atoms with E-state index in [0.717, 1.165) is 0 Å². The Bertz CT molecular complexity index is 652.